The van der Waals surface area contributed by atoms with Gasteiger partial charge in [-0.3, -0.25) is 4.79 Å². The molecular formula is C12H16N2OS. The van der Waals surface area contributed by atoms with Gasteiger partial charge in [-0.2, -0.15) is 0 Å². The standard InChI is InChI=1S/C12H16N2OS/c13-11-6-4-10(5-7-11)12(15)16-14-8-2-1-3-9-14/h4-7H,1-3,8-9,13H2. The van der Waals surface area contributed by atoms with Gasteiger partial charge in [0.2, 0.25) is 5.12 Å². The third kappa shape index (κ3) is 3.00. The van der Waals surface area contributed by atoms with Crippen molar-refractivity contribution >= 4 is 22.8 Å². The van der Waals surface area contributed by atoms with Crippen molar-refractivity contribution < 1.29 is 4.79 Å². The molecule has 1 aromatic carbocycles. The molecule has 1 aliphatic heterocycles. The number of hydrogen-bond donors (Lipinski definition) is 1. The first-order valence-corrected chi connectivity index (χ1v) is 6.36. The van der Waals surface area contributed by atoms with Crippen molar-refractivity contribution in [2.45, 2.75) is 19.3 Å². The maximum absolute atomic E-state index is 11.9. The maximum Gasteiger partial charge on any atom is 0.234 e. The first-order chi connectivity index (χ1) is 7.75. The van der Waals surface area contributed by atoms with E-state index in [1.807, 2.05) is 0 Å². The highest BCUT2D eigenvalue weighted by Gasteiger charge is 2.15. The van der Waals surface area contributed by atoms with Crippen molar-refractivity contribution in [3.8, 4) is 0 Å². The number of carbonyl (C=O) groups is 1. The van der Waals surface area contributed by atoms with Gasteiger partial charge in [0.05, 0.1) is 0 Å². The summed E-state index contributed by atoms with van der Waals surface area (Å²) in [4.78, 5) is 11.9. The summed E-state index contributed by atoms with van der Waals surface area (Å²) in [6.07, 6.45) is 3.68. The molecule has 0 amide bonds. The van der Waals surface area contributed by atoms with Gasteiger partial charge in [-0.25, -0.2) is 4.31 Å². The second-order valence-electron chi connectivity index (χ2n) is 3.99. The van der Waals surface area contributed by atoms with Gasteiger partial charge in [-0.15, -0.1) is 0 Å². The molecule has 0 saturated carbocycles. The van der Waals surface area contributed by atoms with Gasteiger partial charge in [0.1, 0.15) is 0 Å². The van der Waals surface area contributed by atoms with Crippen molar-refractivity contribution in [3.63, 3.8) is 0 Å². The Kier molecular flexibility index (Phi) is 3.85. The summed E-state index contributed by atoms with van der Waals surface area (Å²) in [6.45, 7) is 2.04. The highest BCUT2D eigenvalue weighted by Crippen LogP contribution is 2.22. The molecule has 3 nitrogen and oxygen atoms in total. The summed E-state index contributed by atoms with van der Waals surface area (Å²) in [5.41, 5.74) is 7.00. The number of carbonyl (C=O) groups excluding carboxylic acids is 1. The molecule has 0 aliphatic carbocycles. The van der Waals surface area contributed by atoms with Crippen LogP contribution < -0.4 is 5.73 Å². The van der Waals surface area contributed by atoms with E-state index >= 15 is 0 Å². The number of hydrogen-bond acceptors (Lipinski definition) is 4. The Balaban J connectivity index is 1.94. The molecule has 86 valence electrons. The minimum Gasteiger partial charge on any atom is -0.399 e. The van der Waals surface area contributed by atoms with E-state index in [9.17, 15) is 4.79 Å². The van der Waals surface area contributed by atoms with Gasteiger partial charge < -0.3 is 5.73 Å². The maximum atomic E-state index is 11.9. The number of rotatable bonds is 2. The molecule has 0 bridgehead atoms. The van der Waals surface area contributed by atoms with Gasteiger partial charge in [-0.1, -0.05) is 6.42 Å². The molecule has 2 rings (SSSR count). The molecule has 1 aliphatic rings. The molecule has 0 aromatic heterocycles. The minimum absolute atomic E-state index is 0.113. The van der Waals surface area contributed by atoms with E-state index < -0.39 is 0 Å². The Hall–Kier alpha value is -1.00. The van der Waals surface area contributed by atoms with Crippen LogP contribution in [0.1, 0.15) is 29.6 Å². The molecular weight excluding hydrogens is 220 g/mol. The van der Waals surface area contributed by atoms with Crippen molar-refractivity contribution in [2.75, 3.05) is 18.8 Å². The SMILES string of the molecule is Nc1ccc(C(=O)SN2CCCCC2)cc1. The van der Waals surface area contributed by atoms with Crippen LogP contribution in [0.15, 0.2) is 24.3 Å². The summed E-state index contributed by atoms with van der Waals surface area (Å²) in [5.74, 6) is 0. The zero-order valence-corrected chi connectivity index (χ0v) is 10.0. The summed E-state index contributed by atoms with van der Waals surface area (Å²) in [5, 5.41) is 0.113. The van der Waals surface area contributed by atoms with Crippen LogP contribution in [0.5, 0.6) is 0 Å². The predicted molar refractivity (Wildman–Crippen MR) is 68.2 cm³/mol. The normalized spacial score (nSPS) is 17.2. The molecule has 1 heterocycles. The lowest BCUT2D eigenvalue weighted by Gasteiger charge is -2.24. The van der Waals surface area contributed by atoms with E-state index in [-0.39, 0.29) is 5.12 Å². The van der Waals surface area contributed by atoms with Crippen LogP contribution in [-0.2, 0) is 0 Å². The zero-order chi connectivity index (χ0) is 11.4. The summed E-state index contributed by atoms with van der Waals surface area (Å²) in [7, 11) is 0. The van der Waals surface area contributed by atoms with Crippen LogP contribution in [0.4, 0.5) is 5.69 Å². The molecule has 1 fully saturated rings. The monoisotopic (exact) mass is 236 g/mol. The third-order valence-electron chi connectivity index (χ3n) is 2.67. The van der Waals surface area contributed by atoms with Gasteiger partial charge in [0.15, 0.2) is 0 Å². The molecule has 0 atom stereocenters. The number of nitrogens with zero attached hydrogens (tertiary/aromatic N) is 1. The average molecular weight is 236 g/mol. The second-order valence-corrected chi connectivity index (χ2v) is 5.06. The Morgan fingerprint density at radius 2 is 1.75 bits per heavy atom. The lowest BCUT2D eigenvalue weighted by atomic mass is 10.2. The van der Waals surface area contributed by atoms with Gasteiger partial charge >= 0.3 is 0 Å². The zero-order valence-electron chi connectivity index (χ0n) is 9.19. The number of piperidine rings is 1. The van der Waals surface area contributed by atoms with Crippen LogP contribution in [0.2, 0.25) is 0 Å². The minimum atomic E-state index is 0.113. The molecule has 0 radical (unpaired) electrons. The van der Waals surface area contributed by atoms with Crippen LogP contribution in [0.25, 0.3) is 0 Å². The number of nitrogen functional groups attached to an aromatic ring is 1. The van der Waals surface area contributed by atoms with E-state index in [2.05, 4.69) is 4.31 Å². The molecule has 1 aromatic rings. The molecule has 16 heavy (non-hydrogen) atoms. The third-order valence-corrected chi connectivity index (χ3v) is 3.70. The molecule has 0 spiro atoms. The fourth-order valence-electron chi connectivity index (χ4n) is 1.75. The van der Waals surface area contributed by atoms with E-state index in [1.165, 1.54) is 31.2 Å². The quantitative estimate of drug-likeness (QED) is 0.633. The second kappa shape index (κ2) is 5.37. The van der Waals surface area contributed by atoms with E-state index in [0.29, 0.717) is 5.69 Å². The Labute approximate surface area is 100 Å². The fraction of sp³-hybridized carbons (Fsp3) is 0.417. The molecule has 4 heteroatoms. The highest BCUT2D eigenvalue weighted by atomic mass is 32.2. The Morgan fingerprint density at radius 1 is 1.12 bits per heavy atom. The van der Waals surface area contributed by atoms with Crippen LogP contribution in [0, 0.1) is 0 Å². The average Bonchev–Trinajstić information content (AvgIpc) is 2.31. The highest BCUT2D eigenvalue weighted by molar-refractivity contribution is 8.12. The first kappa shape index (κ1) is 11.5. The summed E-state index contributed by atoms with van der Waals surface area (Å²) >= 11 is 1.33. The smallest absolute Gasteiger partial charge is 0.234 e. The molecule has 2 N–H and O–H groups in total. The largest absolute Gasteiger partial charge is 0.399 e. The van der Waals surface area contributed by atoms with Crippen molar-refractivity contribution in [1.82, 2.24) is 4.31 Å². The molecule has 1 saturated heterocycles. The Bertz CT molecular complexity index is 358. The molecule has 0 unspecified atom stereocenters. The predicted octanol–water partition coefficient (Wildman–Crippen LogP) is 2.54. The van der Waals surface area contributed by atoms with Crippen molar-refractivity contribution in [1.29, 1.82) is 0 Å². The number of benzene rings is 1. The number of anilines is 1. The lowest BCUT2D eigenvalue weighted by Crippen LogP contribution is -2.24. The van der Waals surface area contributed by atoms with Crippen LogP contribution in [-0.4, -0.2) is 22.5 Å². The van der Waals surface area contributed by atoms with Crippen molar-refractivity contribution in [3.05, 3.63) is 29.8 Å². The van der Waals surface area contributed by atoms with Gasteiger partial charge in [0, 0.05) is 36.3 Å². The first-order valence-electron chi connectivity index (χ1n) is 5.58. The van der Waals surface area contributed by atoms with Crippen molar-refractivity contribution in [2.24, 2.45) is 0 Å². The van der Waals surface area contributed by atoms with Gasteiger partial charge in [-0.05, 0) is 37.1 Å². The fourth-order valence-corrected chi connectivity index (χ4v) is 2.66. The van der Waals surface area contributed by atoms with E-state index in [0.717, 1.165) is 18.7 Å². The van der Waals surface area contributed by atoms with Gasteiger partial charge in [0.25, 0.3) is 0 Å². The topological polar surface area (TPSA) is 46.3 Å². The number of nitrogens with two attached hydrogens (primary N) is 1. The summed E-state index contributed by atoms with van der Waals surface area (Å²) < 4.78 is 2.15. The Morgan fingerprint density at radius 3 is 2.38 bits per heavy atom. The summed E-state index contributed by atoms with van der Waals surface area (Å²) in [6, 6.07) is 7.11. The van der Waals surface area contributed by atoms with Crippen LogP contribution >= 0.6 is 11.9 Å². The van der Waals surface area contributed by atoms with E-state index in [1.54, 1.807) is 24.3 Å². The van der Waals surface area contributed by atoms with Crippen LogP contribution in [0.3, 0.4) is 0 Å². The lowest BCUT2D eigenvalue weighted by molar-refractivity contribution is 0.108. The van der Waals surface area contributed by atoms with E-state index in [4.69, 9.17) is 5.73 Å².